The number of fused-ring (bicyclic) bond motifs is 1. The minimum atomic E-state index is -4.07. The van der Waals surface area contributed by atoms with E-state index in [4.69, 9.17) is 0 Å². The van der Waals surface area contributed by atoms with Crippen LogP contribution in [0.25, 0.3) is 10.9 Å². The third-order valence-corrected chi connectivity index (χ3v) is 8.02. The number of carbonyl (C=O) groups excluding carboxylic acids is 1. The minimum absolute atomic E-state index is 0.0545. The van der Waals surface area contributed by atoms with E-state index < -0.39 is 21.3 Å². The Bertz CT molecular complexity index is 1320. The Morgan fingerprint density at radius 3 is 2.55 bits per heavy atom. The Labute approximate surface area is 193 Å². The number of hydrogen-bond donors (Lipinski definition) is 1. The van der Waals surface area contributed by atoms with E-state index in [0.717, 1.165) is 43.1 Å². The molecule has 0 bridgehead atoms. The first-order valence-corrected chi connectivity index (χ1v) is 12.6. The first kappa shape index (κ1) is 21.8. The van der Waals surface area contributed by atoms with Gasteiger partial charge in [-0.25, -0.2) is 18.1 Å². The molecule has 3 aromatic rings. The van der Waals surface area contributed by atoms with E-state index in [9.17, 15) is 13.2 Å². The molecule has 1 saturated carbocycles. The van der Waals surface area contributed by atoms with Gasteiger partial charge in [0.1, 0.15) is 5.82 Å². The molecule has 33 heavy (non-hydrogen) atoms. The van der Waals surface area contributed by atoms with Crippen LogP contribution in [0.2, 0.25) is 0 Å². The zero-order chi connectivity index (χ0) is 23.2. The third-order valence-electron chi connectivity index (χ3n) is 6.63. The average Bonchev–Trinajstić information content (AvgIpc) is 3.61. The molecule has 1 aliphatic heterocycles. The Balaban J connectivity index is 1.48. The molecule has 2 fully saturated rings. The summed E-state index contributed by atoms with van der Waals surface area (Å²) in [4.78, 5) is 26.9. The number of nitrogens with one attached hydrogen (secondary N) is 1. The molecule has 0 spiro atoms. The maximum atomic E-state index is 13.5. The van der Waals surface area contributed by atoms with Crippen molar-refractivity contribution in [1.29, 1.82) is 0 Å². The average molecular weight is 466 g/mol. The molecule has 1 amide bonds. The molecular weight excluding hydrogens is 438 g/mol. The summed E-state index contributed by atoms with van der Waals surface area (Å²) in [5, 5.41) is 0.487. The molecule has 3 heterocycles. The van der Waals surface area contributed by atoms with E-state index in [1.807, 2.05) is 19.2 Å². The van der Waals surface area contributed by atoms with Crippen LogP contribution in [0.4, 0.5) is 5.82 Å². The fraction of sp³-hybridized carbons (Fsp3) is 0.375. The molecule has 172 valence electrons. The number of nitrogens with zero attached hydrogens (tertiary/aromatic N) is 4. The summed E-state index contributed by atoms with van der Waals surface area (Å²) >= 11 is 0. The second-order valence-electron chi connectivity index (χ2n) is 9.02. The van der Waals surface area contributed by atoms with Gasteiger partial charge in [-0.3, -0.25) is 9.78 Å². The van der Waals surface area contributed by atoms with Gasteiger partial charge in [0.25, 0.3) is 10.0 Å². The van der Waals surface area contributed by atoms with Crippen LogP contribution in [-0.4, -0.2) is 62.4 Å². The van der Waals surface area contributed by atoms with Crippen LogP contribution >= 0.6 is 0 Å². The maximum absolute atomic E-state index is 13.5. The molecule has 1 aromatic carbocycles. The van der Waals surface area contributed by atoms with Crippen LogP contribution in [0, 0.1) is 6.92 Å². The number of benzene rings is 1. The SMILES string of the molecule is Cc1cnc(N2CCN(C)CC2)c(C2(C(=O)NS(=O)(=O)c3cccc4ncccc34)CC2)c1. The van der Waals surface area contributed by atoms with E-state index in [0.29, 0.717) is 23.7 Å². The molecule has 2 aliphatic rings. The topological polar surface area (TPSA) is 95.5 Å². The lowest BCUT2D eigenvalue weighted by atomic mass is 9.94. The first-order valence-electron chi connectivity index (χ1n) is 11.1. The maximum Gasteiger partial charge on any atom is 0.264 e. The number of pyridine rings is 2. The summed E-state index contributed by atoms with van der Waals surface area (Å²) in [5.74, 6) is 0.291. The molecule has 2 aromatic heterocycles. The van der Waals surface area contributed by atoms with Crippen LogP contribution in [0.5, 0.6) is 0 Å². The van der Waals surface area contributed by atoms with E-state index in [1.165, 1.54) is 6.07 Å². The molecule has 1 aliphatic carbocycles. The standard InChI is InChI=1S/C24H27N5O3S/c1-17-15-19(22(26-16-17)29-13-11-28(2)12-14-29)24(8-9-24)23(30)27-33(31,32)21-7-3-6-20-18(21)5-4-10-25-20/h3-7,10,15-16H,8-9,11-14H2,1-2H3,(H,27,30). The molecule has 1 N–H and O–H groups in total. The van der Waals surface area contributed by atoms with Crippen molar-refractivity contribution in [1.82, 2.24) is 19.6 Å². The highest BCUT2D eigenvalue weighted by Crippen LogP contribution is 2.51. The lowest BCUT2D eigenvalue weighted by Crippen LogP contribution is -2.46. The summed E-state index contributed by atoms with van der Waals surface area (Å²) in [6, 6.07) is 10.3. The van der Waals surface area contributed by atoms with Crippen molar-refractivity contribution in [3.63, 3.8) is 0 Å². The number of aromatic nitrogens is 2. The highest BCUT2D eigenvalue weighted by molar-refractivity contribution is 7.90. The van der Waals surface area contributed by atoms with Crippen LogP contribution in [0.15, 0.2) is 53.7 Å². The van der Waals surface area contributed by atoms with Gasteiger partial charge in [-0.15, -0.1) is 0 Å². The highest BCUT2D eigenvalue weighted by atomic mass is 32.2. The van der Waals surface area contributed by atoms with Crippen molar-refractivity contribution in [2.75, 3.05) is 38.1 Å². The number of likely N-dealkylation sites (N-methyl/N-ethyl adjacent to an activating group) is 1. The number of rotatable bonds is 5. The van der Waals surface area contributed by atoms with E-state index in [1.54, 1.807) is 30.5 Å². The largest absolute Gasteiger partial charge is 0.354 e. The van der Waals surface area contributed by atoms with Crippen LogP contribution in [-0.2, 0) is 20.2 Å². The first-order chi connectivity index (χ1) is 15.8. The number of sulfonamides is 1. The Kier molecular flexibility index (Phi) is 5.33. The number of piperazine rings is 1. The van der Waals surface area contributed by atoms with Gasteiger partial charge in [0.2, 0.25) is 5.91 Å². The van der Waals surface area contributed by atoms with E-state index in [-0.39, 0.29) is 4.90 Å². The van der Waals surface area contributed by atoms with Crippen LogP contribution < -0.4 is 9.62 Å². The monoisotopic (exact) mass is 465 g/mol. The molecule has 8 nitrogen and oxygen atoms in total. The third kappa shape index (κ3) is 3.95. The summed E-state index contributed by atoms with van der Waals surface area (Å²) in [5.41, 5.74) is 1.45. The summed E-state index contributed by atoms with van der Waals surface area (Å²) in [6.45, 7) is 5.41. The zero-order valence-electron chi connectivity index (χ0n) is 18.8. The fourth-order valence-electron chi connectivity index (χ4n) is 4.51. The summed E-state index contributed by atoms with van der Waals surface area (Å²) in [7, 11) is -1.98. The predicted octanol–water partition coefficient (Wildman–Crippen LogP) is 2.23. The molecule has 0 radical (unpaired) electrons. The zero-order valence-corrected chi connectivity index (χ0v) is 19.6. The van der Waals surface area contributed by atoms with Gasteiger partial charge in [-0.1, -0.05) is 6.07 Å². The molecule has 0 unspecified atom stereocenters. The normalized spacial score (nSPS) is 18.3. The lowest BCUT2D eigenvalue weighted by Gasteiger charge is -2.35. The van der Waals surface area contributed by atoms with Crippen LogP contribution in [0.1, 0.15) is 24.0 Å². The second-order valence-corrected chi connectivity index (χ2v) is 10.7. The van der Waals surface area contributed by atoms with Crippen molar-refractivity contribution >= 4 is 32.7 Å². The number of carbonyl (C=O) groups is 1. The minimum Gasteiger partial charge on any atom is -0.354 e. The van der Waals surface area contributed by atoms with E-state index >= 15 is 0 Å². The smallest absolute Gasteiger partial charge is 0.264 e. The number of aryl methyl sites for hydroxylation is 1. The van der Waals surface area contributed by atoms with Crippen molar-refractivity contribution < 1.29 is 13.2 Å². The number of hydrogen-bond acceptors (Lipinski definition) is 7. The number of anilines is 1. The van der Waals surface area contributed by atoms with Gasteiger partial charge in [-0.05, 0) is 62.7 Å². The molecule has 1 saturated heterocycles. The predicted molar refractivity (Wildman–Crippen MR) is 127 cm³/mol. The Morgan fingerprint density at radius 2 is 1.82 bits per heavy atom. The van der Waals surface area contributed by atoms with Crippen molar-refractivity contribution in [3.8, 4) is 0 Å². The highest BCUT2D eigenvalue weighted by Gasteiger charge is 2.54. The van der Waals surface area contributed by atoms with Gasteiger partial charge in [0.05, 0.1) is 15.8 Å². The molecule has 0 atom stereocenters. The summed E-state index contributed by atoms with van der Waals surface area (Å²) < 4.78 is 28.9. The lowest BCUT2D eigenvalue weighted by molar-refractivity contribution is -0.121. The van der Waals surface area contributed by atoms with Crippen molar-refractivity contribution in [2.45, 2.75) is 30.1 Å². The second kappa shape index (κ2) is 8.07. The van der Waals surface area contributed by atoms with Crippen molar-refractivity contribution in [2.24, 2.45) is 0 Å². The molecule has 9 heteroatoms. The number of amides is 1. The van der Waals surface area contributed by atoms with Gasteiger partial charge >= 0.3 is 0 Å². The Morgan fingerprint density at radius 1 is 1.06 bits per heavy atom. The van der Waals surface area contributed by atoms with Gasteiger partial charge in [0.15, 0.2) is 0 Å². The quantitative estimate of drug-likeness (QED) is 0.617. The Hall–Kier alpha value is -3.04. The fourth-order valence-corrected chi connectivity index (χ4v) is 5.78. The molecular formula is C24H27N5O3S. The molecule has 5 rings (SSSR count). The van der Waals surface area contributed by atoms with E-state index in [2.05, 4.69) is 31.5 Å². The van der Waals surface area contributed by atoms with Crippen LogP contribution in [0.3, 0.4) is 0 Å². The summed E-state index contributed by atoms with van der Waals surface area (Å²) in [6.07, 6.45) is 4.61. The van der Waals surface area contributed by atoms with Gasteiger partial charge < -0.3 is 9.80 Å². The van der Waals surface area contributed by atoms with Gasteiger partial charge in [0, 0.05) is 49.5 Å². The van der Waals surface area contributed by atoms with Gasteiger partial charge in [-0.2, -0.15) is 0 Å². The van der Waals surface area contributed by atoms with Crippen molar-refractivity contribution in [3.05, 3.63) is 59.9 Å².